The van der Waals surface area contributed by atoms with Gasteiger partial charge in [0.2, 0.25) is 15.9 Å². The molecule has 2 fully saturated rings. The highest BCUT2D eigenvalue weighted by molar-refractivity contribution is 7.89. The third kappa shape index (κ3) is 6.76. The number of nitrogens with one attached hydrogen (secondary N) is 2. The molecule has 0 aliphatic heterocycles. The zero-order valence-corrected chi connectivity index (χ0v) is 27.1. The number of benzene rings is 2. The molecule has 0 saturated heterocycles. The van der Waals surface area contributed by atoms with Crippen LogP contribution < -0.4 is 10.6 Å². The first-order chi connectivity index (χ1) is 22.0. The summed E-state index contributed by atoms with van der Waals surface area (Å²) in [5.74, 6) is 0.549. The maximum atomic E-state index is 14.0. The molecule has 6 rings (SSSR count). The average Bonchev–Trinajstić information content (AvgIpc) is 3.37. The first kappa shape index (κ1) is 32.0. The number of alkyl carbamates (subject to hydrolysis) is 1. The van der Waals surface area contributed by atoms with Gasteiger partial charge in [0, 0.05) is 22.9 Å². The van der Waals surface area contributed by atoms with Gasteiger partial charge in [-0.1, -0.05) is 61.4 Å². The summed E-state index contributed by atoms with van der Waals surface area (Å²) in [4.78, 5) is 32.1. The number of ether oxygens (including phenoxy) is 1. The lowest BCUT2D eigenvalue weighted by molar-refractivity contribution is -0.128. The minimum Gasteiger partial charge on any atom is -0.446 e. The fourth-order valence-corrected chi connectivity index (χ4v) is 8.41. The van der Waals surface area contributed by atoms with Crippen molar-refractivity contribution in [1.29, 1.82) is 0 Å². The molecule has 0 spiro atoms. The van der Waals surface area contributed by atoms with Crippen molar-refractivity contribution < 1.29 is 27.9 Å². The standard InChI is InChI=1S/C35H42N4O6S/c1-35(33(41)37-27(22-40)18-23-9-4-3-5-10-23,38-34(42)45-32-16-15-24-11-8-12-25(32)17-24)20-26-19-29-28-13-6-7-14-30(28)39(46(2,43)44)31(29)21-36-26/h3-7,9-10,13-14,19,21,24-25,27,32,40H,8,11-12,15-18,20,22H2,1-2H3,(H,37,41)(H,38,42). The van der Waals surface area contributed by atoms with E-state index in [0.29, 0.717) is 40.4 Å². The first-order valence-electron chi connectivity index (χ1n) is 16.1. The molecule has 10 nitrogen and oxygen atoms in total. The number of nitrogens with zero attached hydrogens (tertiary/aromatic N) is 2. The third-order valence-corrected chi connectivity index (χ3v) is 10.7. The van der Waals surface area contributed by atoms with Crippen LogP contribution in [-0.2, 0) is 32.4 Å². The van der Waals surface area contributed by atoms with Gasteiger partial charge in [-0.3, -0.25) is 9.78 Å². The number of carbonyl (C=O) groups excluding carboxylic acids is 2. The highest BCUT2D eigenvalue weighted by Gasteiger charge is 2.40. The second-order valence-electron chi connectivity index (χ2n) is 13.2. The molecular formula is C35H42N4O6S. The van der Waals surface area contributed by atoms with Crippen molar-refractivity contribution in [3.63, 3.8) is 0 Å². The number of aliphatic hydroxyl groups is 1. The molecule has 5 unspecified atom stereocenters. The number of rotatable bonds is 10. The van der Waals surface area contributed by atoms with Crippen LogP contribution >= 0.6 is 0 Å². The van der Waals surface area contributed by atoms with Crippen LogP contribution in [0.5, 0.6) is 0 Å². The fraction of sp³-hybridized carbons (Fsp3) is 0.457. The number of fused-ring (bicyclic) bond motifs is 5. The van der Waals surface area contributed by atoms with Crippen molar-refractivity contribution in [2.75, 3.05) is 12.9 Å². The fourth-order valence-electron chi connectivity index (χ4n) is 7.39. The number of para-hydroxylation sites is 1. The molecule has 244 valence electrons. The van der Waals surface area contributed by atoms with E-state index in [2.05, 4.69) is 15.6 Å². The average molecular weight is 647 g/mol. The lowest BCUT2D eigenvalue weighted by Gasteiger charge is -2.40. The summed E-state index contributed by atoms with van der Waals surface area (Å²) in [7, 11) is -3.64. The van der Waals surface area contributed by atoms with Crippen molar-refractivity contribution in [3.8, 4) is 0 Å². The van der Waals surface area contributed by atoms with Crippen molar-refractivity contribution >= 4 is 43.8 Å². The summed E-state index contributed by atoms with van der Waals surface area (Å²) in [5.41, 5.74) is 0.898. The van der Waals surface area contributed by atoms with Gasteiger partial charge in [-0.15, -0.1) is 0 Å². The van der Waals surface area contributed by atoms with Crippen molar-refractivity contribution in [3.05, 3.63) is 78.1 Å². The highest BCUT2D eigenvalue weighted by Crippen LogP contribution is 2.41. The Balaban J connectivity index is 1.29. The molecule has 5 atom stereocenters. The zero-order chi connectivity index (χ0) is 32.5. The van der Waals surface area contributed by atoms with Gasteiger partial charge >= 0.3 is 6.09 Å². The molecule has 46 heavy (non-hydrogen) atoms. The van der Waals surface area contributed by atoms with Crippen molar-refractivity contribution in [1.82, 2.24) is 19.6 Å². The Bertz CT molecular complexity index is 1840. The Hall–Kier alpha value is -3.96. The Morgan fingerprint density at radius 3 is 2.57 bits per heavy atom. The predicted octanol–water partition coefficient (Wildman–Crippen LogP) is 4.71. The van der Waals surface area contributed by atoms with Gasteiger partial charge in [-0.25, -0.2) is 17.2 Å². The van der Waals surface area contributed by atoms with Gasteiger partial charge in [-0.2, -0.15) is 0 Å². The molecule has 2 heterocycles. The van der Waals surface area contributed by atoms with Crippen LogP contribution in [0.1, 0.15) is 56.7 Å². The quantitative estimate of drug-likeness (QED) is 0.227. The summed E-state index contributed by atoms with van der Waals surface area (Å²) in [5, 5.41) is 17.4. The number of aliphatic hydroxyl groups excluding tert-OH is 1. The van der Waals surface area contributed by atoms with Crippen LogP contribution in [0.2, 0.25) is 0 Å². The van der Waals surface area contributed by atoms with Gasteiger partial charge in [0.05, 0.1) is 36.1 Å². The van der Waals surface area contributed by atoms with Crippen LogP contribution in [0.3, 0.4) is 0 Å². The lowest BCUT2D eigenvalue weighted by atomic mass is 9.71. The van der Waals surface area contributed by atoms with Gasteiger partial charge in [0.1, 0.15) is 11.6 Å². The molecular weight excluding hydrogens is 604 g/mol. The molecule has 2 saturated carbocycles. The van der Waals surface area contributed by atoms with E-state index in [9.17, 15) is 23.1 Å². The van der Waals surface area contributed by atoms with Crippen molar-refractivity contribution in [2.24, 2.45) is 11.8 Å². The minimum atomic E-state index is -3.64. The van der Waals surface area contributed by atoms with Crippen LogP contribution in [0.25, 0.3) is 21.8 Å². The maximum Gasteiger partial charge on any atom is 0.408 e. The molecule has 2 aliphatic rings. The number of carbonyl (C=O) groups is 2. The Kier molecular flexibility index (Phi) is 9.07. The molecule has 2 amide bonds. The van der Waals surface area contributed by atoms with E-state index in [1.807, 2.05) is 42.5 Å². The number of amides is 2. The molecule has 4 aromatic rings. The Labute approximate surface area is 269 Å². The summed E-state index contributed by atoms with van der Waals surface area (Å²) in [6.07, 6.45) is 8.54. The molecule has 2 aromatic carbocycles. The summed E-state index contributed by atoms with van der Waals surface area (Å²) >= 11 is 0. The monoisotopic (exact) mass is 646 g/mol. The van der Waals surface area contributed by atoms with Crippen LogP contribution in [0.15, 0.2) is 66.9 Å². The second kappa shape index (κ2) is 13.0. The number of aromatic nitrogens is 2. The summed E-state index contributed by atoms with van der Waals surface area (Å²) in [6.45, 7) is 1.34. The Morgan fingerprint density at radius 2 is 1.80 bits per heavy atom. The minimum absolute atomic E-state index is 0.00189. The normalized spacial score (nSPS) is 21.8. The van der Waals surface area contributed by atoms with E-state index < -0.39 is 33.6 Å². The molecule has 11 heteroatoms. The van der Waals surface area contributed by atoms with E-state index in [1.54, 1.807) is 25.1 Å². The molecule has 0 radical (unpaired) electrons. The smallest absolute Gasteiger partial charge is 0.408 e. The van der Waals surface area contributed by atoms with Gasteiger partial charge in [-0.05, 0) is 68.6 Å². The molecule has 3 N–H and O–H groups in total. The number of hydrogen-bond acceptors (Lipinski definition) is 7. The largest absolute Gasteiger partial charge is 0.446 e. The highest BCUT2D eigenvalue weighted by atomic mass is 32.2. The van der Waals surface area contributed by atoms with E-state index in [0.717, 1.165) is 49.3 Å². The van der Waals surface area contributed by atoms with Gasteiger partial charge in [0.15, 0.2) is 0 Å². The van der Waals surface area contributed by atoms with E-state index in [-0.39, 0.29) is 19.1 Å². The first-order valence-corrected chi connectivity index (χ1v) is 17.9. The predicted molar refractivity (Wildman–Crippen MR) is 177 cm³/mol. The zero-order valence-electron chi connectivity index (χ0n) is 26.3. The van der Waals surface area contributed by atoms with Crippen LogP contribution in [-0.4, -0.2) is 65.0 Å². The second-order valence-corrected chi connectivity index (χ2v) is 15.1. The van der Waals surface area contributed by atoms with E-state index in [4.69, 9.17) is 4.74 Å². The van der Waals surface area contributed by atoms with E-state index in [1.165, 1.54) is 16.6 Å². The van der Waals surface area contributed by atoms with Crippen LogP contribution in [0, 0.1) is 11.8 Å². The van der Waals surface area contributed by atoms with Gasteiger partial charge in [0.25, 0.3) is 0 Å². The summed E-state index contributed by atoms with van der Waals surface area (Å²) in [6, 6.07) is 17.9. The maximum absolute atomic E-state index is 14.0. The van der Waals surface area contributed by atoms with Gasteiger partial charge < -0.3 is 20.5 Å². The topological polar surface area (TPSA) is 140 Å². The van der Waals surface area contributed by atoms with E-state index >= 15 is 0 Å². The molecule has 2 aromatic heterocycles. The Morgan fingerprint density at radius 1 is 1.04 bits per heavy atom. The van der Waals surface area contributed by atoms with Crippen LogP contribution in [0.4, 0.5) is 4.79 Å². The third-order valence-electron chi connectivity index (χ3n) is 9.66. The SMILES string of the molecule is CC(Cc1cc2c3ccccc3n(S(C)(=O)=O)c2cn1)(NC(=O)OC1CCC2CCCC1C2)C(=O)NC(CO)Cc1ccccc1. The lowest BCUT2D eigenvalue weighted by Crippen LogP contribution is -2.61. The summed E-state index contributed by atoms with van der Waals surface area (Å²) < 4.78 is 32.7. The van der Waals surface area contributed by atoms with Crippen molar-refractivity contribution in [2.45, 2.75) is 76.0 Å². The number of pyridine rings is 1. The molecule has 2 bridgehead atoms. The number of hydrogen-bond donors (Lipinski definition) is 3. The molecule has 2 aliphatic carbocycles.